The first kappa shape index (κ1) is 9.99. The fourth-order valence-electron chi connectivity index (χ4n) is 1.84. The van der Waals surface area contributed by atoms with E-state index >= 15 is 0 Å². The van der Waals surface area contributed by atoms with E-state index in [2.05, 4.69) is 6.07 Å². The van der Waals surface area contributed by atoms with Gasteiger partial charge in [0, 0.05) is 18.2 Å². The Kier molecular flexibility index (Phi) is 2.60. The monoisotopic (exact) mass is 201 g/mol. The van der Waals surface area contributed by atoms with Crippen LogP contribution in [-0.4, -0.2) is 11.7 Å². The first-order valence-corrected chi connectivity index (χ1v) is 5.11. The molecule has 15 heavy (non-hydrogen) atoms. The number of aliphatic hydroxyl groups excluding tert-OH is 1. The average Bonchev–Trinajstić information content (AvgIpc) is 2.27. The summed E-state index contributed by atoms with van der Waals surface area (Å²) in [7, 11) is 0. The second-order valence-electron chi connectivity index (χ2n) is 3.91. The minimum absolute atomic E-state index is 0.149. The van der Waals surface area contributed by atoms with Crippen molar-refractivity contribution >= 4 is 16.5 Å². The van der Waals surface area contributed by atoms with Crippen molar-refractivity contribution in [1.29, 1.82) is 0 Å². The molecule has 0 aromatic heterocycles. The molecule has 78 valence electrons. The summed E-state index contributed by atoms with van der Waals surface area (Å²) in [6.07, 6.45) is 0. The third-order valence-electron chi connectivity index (χ3n) is 2.74. The van der Waals surface area contributed by atoms with Gasteiger partial charge in [-0.2, -0.15) is 0 Å². The van der Waals surface area contributed by atoms with Crippen LogP contribution in [0.1, 0.15) is 18.4 Å². The van der Waals surface area contributed by atoms with E-state index in [1.54, 1.807) is 0 Å². The number of hydrogen-bond acceptors (Lipinski definition) is 2. The first-order chi connectivity index (χ1) is 7.22. The Bertz CT molecular complexity index is 479. The van der Waals surface area contributed by atoms with Crippen molar-refractivity contribution in [2.45, 2.75) is 12.8 Å². The fourth-order valence-corrected chi connectivity index (χ4v) is 1.84. The standard InChI is InChI=1S/C13H15NO/c1-9(8-15)12-4-2-3-10-5-6-11(14)7-13(10)12/h2-7,9,15H,8,14H2,1H3. The zero-order valence-corrected chi connectivity index (χ0v) is 8.77. The summed E-state index contributed by atoms with van der Waals surface area (Å²) in [6, 6.07) is 12.0. The maximum absolute atomic E-state index is 9.19. The van der Waals surface area contributed by atoms with Crippen molar-refractivity contribution in [1.82, 2.24) is 0 Å². The van der Waals surface area contributed by atoms with Gasteiger partial charge in [0.1, 0.15) is 0 Å². The lowest BCUT2D eigenvalue weighted by atomic mass is 9.95. The van der Waals surface area contributed by atoms with Crippen LogP contribution in [0.5, 0.6) is 0 Å². The quantitative estimate of drug-likeness (QED) is 0.733. The van der Waals surface area contributed by atoms with Gasteiger partial charge in [-0.3, -0.25) is 0 Å². The molecule has 0 radical (unpaired) electrons. The molecule has 2 nitrogen and oxygen atoms in total. The van der Waals surface area contributed by atoms with Crippen LogP contribution in [0.15, 0.2) is 36.4 Å². The van der Waals surface area contributed by atoms with E-state index in [4.69, 9.17) is 5.73 Å². The Morgan fingerprint density at radius 3 is 2.80 bits per heavy atom. The molecule has 0 fully saturated rings. The summed E-state index contributed by atoms with van der Waals surface area (Å²) in [4.78, 5) is 0. The molecule has 1 atom stereocenters. The van der Waals surface area contributed by atoms with Crippen LogP contribution in [0.25, 0.3) is 10.8 Å². The van der Waals surface area contributed by atoms with E-state index in [-0.39, 0.29) is 12.5 Å². The molecule has 0 aliphatic rings. The average molecular weight is 201 g/mol. The second-order valence-corrected chi connectivity index (χ2v) is 3.91. The van der Waals surface area contributed by atoms with Crippen LogP contribution < -0.4 is 5.73 Å². The van der Waals surface area contributed by atoms with Gasteiger partial charge < -0.3 is 10.8 Å². The van der Waals surface area contributed by atoms with Crippen molar-refractivity contribution in [2.24, 2.45) is 0 Å². The topological polar surface area (TPSA) is 46.2 Å². The van der Waals surface area contributed by atoms with Crippen LogP contribution >= 0.6 is 0 Å². The van der Waals surface area contributed by atoms with Gasteiger partial charge in [-0.15, -0.1) is 0 Å². The van der Waals surface area contributed by atoms with Crippen LogP contribution in [0.3, 0.4) is 0 Å². The Morgan fingerprint density at radius 1 is 1.27 bits per heavy atom. The molecular weight excluding hydrogens is 186 g/mol. The summed E-state index contributed by atoms with van der Waals surface area (Å²) < 4.78 is 0. The first-order valence-electron chi connectivity index (χ1n) is 5.11. The smallest absolute Gasteiger partial charge is 0.0497 e. The third kappa shape index (κ3) is 1.81. The molecule has 0 saturated heterocycles. The lowest BCUT2D eigenvalue weighted by Crippen LogP contribution is -1.99. The molecular formula is C13H15NO. The van der Waals surface area contributed by atoms with Gasteiger partial charge in [0.25, 0.3) is 0 Å². The summed E-state index contributed by atoms with van der Waals surface area (Å²) in [6.45, 7) is 2.17. The molecule has 2 heteroatoms. The Morgan fingerprint density at radius 2 is 2.07 bits per heavy atom. The van der Waals surface area contributed by atoms with Gasteiger partial charge in [-0.05, 0) is 28.5 Å². The van der Waals surface area contributed by atoms with Gasteiger partial charge in [0.2, 0.25) is 0 Å². The molecule has 2 aromatic rings. The van der Waals surface area contributed by atoms with Crippen LogP contribution in [0.4, 0.5) is 5.69 Å². The minimum atomic E-state index is 0.149. The maximum atomic E-state index is 9.19. The number of fused-ring (bicyclic) bond motifs is 1. The summed E-state index contributed by atoms with van der Waals surface area (Å²) >= 11 is 0. The molecule has 0 aliphatic carbocycles. The van der Waals surface area contributed by atoms with Gasteiger partial charge in [0.05, 0.1) is 0 Å². The van der Waals surface area contributed by atoms with Crippen LogP contribution in [-0.2, 0) is 0 Å². The van der Waals surface area contributed by atoms with Crippen LogP contribution in [0, 0.1) is 0 Å². The number of nitrogen functional groups attached to an aromatic ring is 1. The lowest BCUT2D eigenvalue weighted by molar-refractivity contribution is 0.273. The molecule has 2 aromatic carbocycles. The van der Waals surface area contributed by atoms with E-state index < -0.39 is 0 Å². The van der Waals surface area contributed by atoms with Gasteiger partial charge in [0.15, 0.2) is 0 Å². The molecule has 1 unspecified atom stereocenters. The number of aliphatic hydroxyl groups is 1. The Labute approximate surface area is 89.3 Å². The molecule has 0 bridgehead atoms. The highest BCUT2D eigenvalue weighted by molar-refractivity contribution is 5.88. The normalized spacial score (nSPS) is 12.9. The van der Waals surface area contributed by atoms with E-state index in [1.165, 1.54) is 5.39 Å². The van der Waals surface area contributed by atoms with Crippen molar-refractivity contribution in [3.63, 3.8) is 0 Å². The zero-order valence-electron chi connectivity index (χ0n) is 8.77. The third-order valence-corrected chi connectivity index (χ3v) is 2.74. The number of benzene rings is 2. The number of rotatable bonds is 2. The van der Waals surface area contributed by atoms with E-state index in [1.807, 2.05) is 37.3 Å². The highest BCUT2D eigenvalue weighted by Crippen LogP contribution is 2.26. The number of hydrogen-bond donors (Lipinski definition) is 2. The predicted octanol–water partition coefficient (Wildman–Crippen LogP) is 2.52. The summed E-state index contributed by atoms with van der Waals surface area (Å²) in [5, 5.41) is 11.5. The molecule has 2 rings (SSSR count). The van der Waals surface area contributed by atoms with Crippen molar-refractivity contribution in [2.75, 3.05) is 12.3 Å². The molecule has 0 aliphatic heterocycles. The van der Waals surface area contributed by atoms with E-state index in [9.17, 15) is 5.11 Å². The molecule has 0 spiro atoms. The second kappa shape index (κ2) is 3.91. The van der Waals surface area contributed by atoms with Crippen LogP contribution in [0.2, 0.25) is 0 Å². The number of nitrogens with two attached hydrogens (primary N) is 1. The Balaban J connectivity index is 2.68. The van der Waals surface area contributed by atoms with Gasteiger partial charge in [-0.1, -0.05) is 31.2 Å². The molecule has 3 N–H and O–H groups in total. The lowest BCUT2D eigenvalue weighted by Gasteiger charge is -2.12. The van der Waals surface area contributed by atoms with E-state index in [0.29, 0.717) is 0 Å². The maximum Gasteiger partial charge on any atom is 0.0497 e. The van der Waals surface area contributed by atoms with Crippen molar-refractivity contribution < 1.29 is 5.11 Å². The zero-order chi connectivity index (χ0) is 10.8. The largest absolute Gasteiger partial charge is 0.399 e. The van der Waals surface area contributed by atoms with Crippen molar-refractivity contribution in [3.05, 3.63) is 42.0 Å². The van der Waals surface area contributed by atoms with Gasteiger partial charge in [-0.25, -0.2) is 0 Å². The fraction of sp³-hybridized carbons (Fsp3) is 0.231. The van der Waals surface area contributed by atoms with E-state index in [0.717, 1.165) is 16.6 Å². The summed E-state index contributed by atoms with van der Waals surface area (Å²) in [5.74, 6) is 0.149. The number of anilines is 1. The molecule has 0 saturated carbocycles. The highest BCUT2D eigenvalue weighted by atomic mass is 16.3. The SMILES string of the molecule is CC(CO)c1cccc2ccc(N)cc12. The minimum Gasteiger partial charge on any atom is -0.399 e. The van der Waals surface area contributed by atoms with Crippen molar-refractivity contribution in [3.8, 4) is 0 Å². The molecule has 0 amide bonds. The van der Waals surface area contributed by atoms with Gasteiger partial charge >= 0.3 is 0 Å². The predicted molar refractivity (Wildman–Crippen MR) is 63.9 cm³/mol. The molecule has 0 heterocycles. The Hall–Kier alpha value is -1.54. The highest BCUT2D eigenvalue weighted by Gasteiger charge is 2.07. The summed E-state index contributed by atoms with van der Waals surface area (Å²) in [5.41, 5.74) is 7.69.